The molecule has 130 valence electrons. The molecule has 6 heteroatoms. The molecule has 1 aliphatic rings. The van der Waals surface area contributed by atoms with Crippen molar-refractivity contribution in [1.29, 1.82) is 0 Å². The van der Waals surface area contributed by atoms with Crippen molar-refractivity contribution in [2.75, 3.05) is 11.9 Å². The summed E-state index contributed by atoms with van der Waals surface area (Å²) >= 11 is 0. The molecule has 0 saturated heterocycles. The Morgan fingerprint density at radius 1 is 1.00 bits per heavy atom. The van der Waals surface area contributed by atoms with Crippen LogP contribution in [0.25, 0.3) is 0 Å². The van der Waals surface area contributed by atoms with E-state index in [0.29, 0.717) is 0 Å². The Balaban J connectivity index is 0.00000182. The van der Waals surface area contributed by atoms with Crippen molar-refractivity contribution >= 4 is 24.0 Å². The highest BCUT2D eigenvalue weighted by molar-refractivity contribution is 5.85. The van der Waals surface area contributed by atoms with Crippen LogP contribution in [0.4, 0.5) is 16.0 Å². The zero-order valence-electron chi connectivity index (χ0n) is 14.2. The highest BCUT2D eigenvalue weighted by atomic mass is 35.5. The van der Waals surface area contributed by atoms with Gasteiger partial charge in [-0.3, -0.25) is 4.57 Å². The summed E-state index contributed by atoms with van der Waals surface area (Å²) in [6, 6.07) is 16.8. The maximum absolute atomic E-state index is 13.2. The van der Waals surface area contributed by atoms with Gasteiger partial charge in [-0.25, -0.2) is 4.39 Å². The molecule has 0 unspecified atom stereocenters. The third kappa shape index (κ3) is 2.89. The Labute approximate surface area is 152 Å². The van der Waals surface area contributed by atoms with E-state index < -0.39 is 0 Å². The molecule has 0 bridgehead atoms. The zero-order valence-corrected chi connectivity index (χ0v) is 15.0. The summed E-state index contributed by atoms with van der Waals surface area (Å²) in [4.78, 5) is 2.03. The highest BCUT2D eigenvalue weighted by Gasteiger charge is 2.50. The van der Waals surface area contributed by atoms with E-state index >= 15 is 0 Å². The van der Waals surface area contributed by atoms with Crippen LogP contribution in [0.5, 0.6) is 0 Å². The average Bonchev–Trinajstić information content (AvgIpc) is 3.32. The van der Waals surface area contributed by atoms with Crippen LogP contribution in [0, 0.1) is 5.82 Å². The summed E-state index contributed by atoms with van der Waals surface area (Å²) in [6.07, 6.45) is 2.03. The third-order valence-corrected chi connectivity index (χ3v) is 4.87. The maximum Gasteiger partial charge on any atom is 0.231 e. The van der Waals surface area contributed by atoms with E-state index in [0.717, 1.165) is 35.9 Å². The first-order valence-corrected chi connectivity index (χ1v) is 8.06. The summed E-state index contributed by atoms with van der Waals surface area (Å²) in [7, 11) is 3.98. The van der Waals surface area contributed by atoms with Gasteiger partial charge in [0, 0.05) is 19.8 Å². The van der Waals surface area contributed by atoms with Crippen molar-refractivity contribution < 1.29 is 4.39 Å². The quantitative estimate of drug-likeness (QED) is 0.700. The van der Waals surface area contributed by atoms with E-state index in [4.69, 9.17) is 0 Å². The highest BCUT2D eigenvalue weighted by Crippen LogP contribution is 2.53. The SMILES string of the molecule is CN(c1ccccc1)c1nnc(C2(c3ccc(F)cc3)CC2)n1C.Cl. The van der Waals surface area contributed by atoms with Crippen LogP contribution in [0.1, 0.15) is 24.2 Å². The van der Waals surface area contributed by atoms with E-state index in [9.17, 15) is 4.39 Å². The molecule has 0 amide bonds. The second-order valence-electron chi connectivity index (χ2n) is 6.37. The molecule has 0 spiro atoms. The smallest absolute Gasteiger partial charge is 0.231 e. The van der Waals surface area contributed by atoms with Crippen LogP contribution >= 0.6 is 12.4 Å². The van der Waals surface area contributed by atoms with E-state index in [1.807, 2.05) is 66.0 Å². The Kier molecular flexibility index (Phi) is 4.52. The van der Waals surface area contributed by atoms with Crippen LogP contribution in [-0.2, 0) is 12.5 Å². The van der Waals surface area contributed by atoms with Crippen molar-refractivity contribution in [3.63, 3.8) is 0 Å². The second-order valence-corrected chi connectivity index (χ2v) is 6.37. The molecule has 0 aliphatic heterocycles. The molecule has 1 saturated carbocycles. The second kappa shape index (κ2) is 6.48. The largest absolute Gasteiger partial charge is 0.314 e. The lowest BCUT2D eigenvalue weighted by atomic mass is 9.95. The molecule has 0 radical (unpaired) electrons. The van der Waals surface area contributed by atoms with Gasteiger partial charge in [0.15, 0.2) is 0 Å². The molecule has 3 aromatic rings. The number of nitrogens with zero attached hydrogens (tertiary/aromatic N) is 4. The summed E-state index contributed by atoms with van der Waals surface area (Å²) < 4.78 is 15.3. The van der Waals surface area contributed by atoms with Gasteiger partial charge in [0.2, 0.25) is 5.95 Å². The Bertz CT molecular complexity index is 857. The summed E-state index contributed by atoms with van der Waals surface area (Å²) in [5.74, 6) is 1.52. The van der Waals surface area contributed by atoms with Gasteiger partial charge < -0.3 is 4.90 Å². The van der Waals surface area contributed by atoms with Gasteiger partial charge in [-0.05, 0) is 42.7 Å². The number of benzene rings is 2. The number of rotatable bonds is 4. The van der Waals surface area contributed by atoms with Gasteiger partial charge >= 0.3 is 0 Å². The molecule has 0 N–H and O–H groups in total. The first-order valence-electron chi connectivity index (χ1n) is 8.06. The van der Waals surface area contributed by atoms with Crippen molar-refractivity contribution in [2.24, 2.45) is 7.05 Å². The van der Waals surface area contributed by atoms with Crippen molar-refractivity contribution in [1.82, 2.24) is 14.8 Å². The van der Waals surface area contributed by atoms with Gasteiger partial charge in [0.05, 0.1) is 5.41 Å². The molecule has 25 heavy (non-hydrogen) atoms. The summed E-state index contributed by atoms with van der Waals surface area (Å²) in [5.41, 5.74) is 2.03. The van der Waals surface area contributed by atoms with Crippen molar-refractivity contribution in [2.45, 2.75) is 18.3 Å². The third-order valence-electron chi connectivity index (χ3n) is 4.87. The van der Waals surface area contributed by atoms with Gasteiger partial charge in [-0.2, -0.15) is 0 Å². The number of hydrogen-bond donors (Lipinski definition) is 0. The average molecular weight is 359 g/mol. The normalized spacial score (nSPS) is 14.7. The fourth-order valence-corrected chi connectivity index (χ4v) is 3.33. The number of anilines is 2. The Hall–Kier alpha value is -2.40. The Morgan fingerprint density at radius 2 is 1.64 bits per heavy atom. The lowest BCUT2D eigenvalue weighted by molar-refractivity contribution is 0.624. The number of para-hydroxylation sites is 1. The monoisotopic (exact) mass is 358 g/mol. The number of aromatic nitrogens is 3. The van der Waals surface area contributed by atoms with Gasteiger partial charge in [-0.1, -0.05) is 30.3 Å². The first kappa shape index (κ1) is 17.4. The van der Waals surface area contributed by atoms with Crippen LogP contribution in [0.3, 0.4) is 0 Å². The lowest BCUT2D eigenvalue weighted by Gasteiger charge is -2.20. The molecule has 1 heterocycles. The van der Waals surface area contributed by atoms with Crippen LogP contribution < -0.4 is 4.90 Å². The first-order chi connectivity index (χ1) is 11.6. The minimum Gasteiger partial charge on any atom is -0.314 e. The van der Waals surface area contributed by atoms with Crippen LogP contribution in [-0.4, -0.2) is 21.8 Å². The molecular weight excluding hydrogens is 339 g/mol. The van der Waals surface area contributed by atoms with E-state index in [1.54, 1.807) is 0 Å². The van der Waals surface area contributed by atoms with E-state index in [2.05, 4.69) is 10.2 Å². The predicted octanol–water partition coefficient (Wildman–Crippen LogP) is 4.22. The maximum atomic E-state index is 13.2. The number of hydrogen-bond acceptors (Lipinski definition) is 3. The fraction of sp³-hybridized carbons (Fsp3) is 0.263. The Morgan fingerprint density at radius 3 is 2.24 bits per heavy atom. The topological polar surface area (TPSA) is 34.0 Å². The molecule has 1 fully saturated rings. The van der Waals surface area contributed by atoms with Gasteiger partial charge in [-0.15, -0.1) is 22.6 Å². The van der Waals surface area contributed by atoms with E-state index in [-0.39, 0.29) is 23.6 Å². The van der Waals surface area contributed by atoms with E-state index in [1.165, 1.54) is 12.1 Å². The molecule has 2 aromatic carbocycles. The van der Waals surface area contributed by atoms with Crippen LogP contribution in [0.15, 0.2) is 54.6 Å². The van der Waals surface area contributed by atoms with Crippen molar-refractivity contribution in [3.8, 4) is 0 Å². The van der Waals surface area contributed by atoms with Gasteiger partial charge in [0.1, 0.15) is 11.6 Å². The molecule has 1 aromatic heterocycles. The van der Waals surface area contributed by atoms with Crippen molar-refractivity contribution in [3.05, 3.63) is 71.8 Å². The van der Waals surface area contributed by atoms with Crippen LogP contribution in [0.2, 0.25) is 0 Å². The number of halogens is 2. The minimum absolute atomic E-state index is 0. The van der Waals surface area contributed by atoms with Gasteiger partial charge in [0.25, 0.3) is 0 Å². The molecule has 4 rings (SSSR count). The molecule has 4 nitrogen and oxygen atoms in total. The summed E-state index contributed by atoms with van der Waals surface area (Å²) in [6.45, 7) is 0. The zero-order chi connectivity index (χ0) is 16.7. The standard InChI is InChI=1S/C19H19FN4.ClH/c1-23(16-6-4-3-5-7-16)18-22-21-17(24(18)2)19(12-13-19)14-8-10-15(20)11-9-14;/h3-11H,12-13H2,1-2H3;1H. The minimum atomic E-state index is -0.211. The molecule has 0 atom stereocenters. The fourth-order valence-electron chi connectivity index (χ4n) is 3.33. The molecular formula is C19H20ClFN4. The predicted molar refractivity (Wildman–Crippen MR) is 99.2 cm³/mol. The lowest BCUT2D eigenvalue weighted by Crippen LogP contribution is -2.18. The summed E-state index contributed by atoms with van der Waals surface area (Å²) in [5, 5.41) is 8.88. The molecule has 1 aliphatic carbocycles.